The van der Waals surface area contributed by atoms with E-state index in [1.807, 2.05) is 77.5 Å². The van der Waals surface area contributed by atoms with Crippen LogP contribution in [0.2, 0.25) is 0 Å². The average Bonchev–Trinajstić information content (AvgIpc) is 3.39. The van der Waals surface area contributed by atoms with Gasteiger partial charge in [-0.2, -0.15) is 0 Å². The molecule has 0 radical (unpaired) electrons. The van der Waals surface area contributed by atoms with E-state index >= 15 is 0 Å². The van der Waals surface area contributed by atoms with Gasteiger partial charge < -0.3 is 19.4 Å². The van der Waals surface area contributed by atoms with E-state index in [1.165, 1.54) is 0 Å². The number of ether oxygens (including phenoxy) is 1. The zero-order valence-electron chi connectivity index (χ0n) is 21.4. The van der Waals surface area contributed by atoms with Crippen molar-refractivity contribution < 1.29 is 14.3 Å². The topological polar surface area (TPSA) is 53.1 Å². The molecule has 192 valence electrons. The highest BCUT2D eigenvalue weighted by molar-refractivity contribution is 5.94. The third-order valence-electron chi connectivity index (χ3n) is 7.67. The van der Waals surface area contributed by atoms with Gasteiger partial charge in [0.25, 0.3) is 11.8 Å². The number of likely N-dealkylation sites (tertiary alicyclic amines) is 1. The number of carbonyl (C=O) groups excluding carboxylic acids is 2. The van der Waals surface area contributed by atoms with Gasteiger partial charge in [0, 0.05) is 50.9 Å². The monoisotopic (exact) mass is 489 g/mol. The van der Waals surface area contributed by atoms with Crippen LogP contribution in [-0.2, 0) is 4.79 Å². The van der Waals surface area contributed by atoms with Crippen LogP contribution in [0.5, 0.6) is 5.75 Å². The fourth-order valence-electron chi connectivity index (χ4n) is 5.63. The van der Waals surface area contributed by atoms with Crippen LogP contribution in [0.3, 0.4) is 0 Å². The molecule has 0 aromatic heterocycles. The van der Waals surface area contributed by atoms with Crippen LogP contribution in [0.4, 0.5) is 0 Å². The number of hydrogen-bond donors (Lipinski definition) is 0. The number of para-hydroxylation sites is 1. The molecule has 1 saturated carbocycles. The van der Waals surface area contributed by atoms with Crippen LogP contribution in [-0.4, -0.2) is 78.4 Å². The summed E-state index contributed by atoms with van der Waals surface area (Å²) in [5.41, 5.74) is 0.762. The largest absolute Gasteiger partial charge is 0.484 e. The number of carbonyl (C=O) groups is 2. The van der Waals surface area contributed by atoms with Crippen LogP contribution in [0.1, 0.15) is 42.5 Å². The Kier molecular flexibility index (Phi) is 9.17. The van der Waals surface area contributed by atoms with E-state index in [4.69, 9.17) is 4.74 Å². The summed E-state index contributed by atoms with van der Waals surface area (Å²) in [7, 11) is 1.95. The molecular weight excluding hydrogens is 450 g/mol. The second-order valence-corrected chi connectivity index (χ2v) is 10.1. The van der Waals surface area contributed by atoms with Gasteiger partial charge >= 0.3 is 0 Å². The van der Waals surface area contributed by atoms with E-state index in [2.05, 4.69) is 11.5 Å². The van der Waals surface area contributed by atoms with Gasteiger partial charge in [-0.25, -0.2) is 0 Å². The fourth-order valence-corrected chi connectivity index (χ4v) is 5.63. The Labute approximate surface area is 215 Å². The van der Waals surface area contributed by atoms with Crippen molar-refractivity contribution in [2.45, 2.75) is 44.2 Å². The smallest absolute Gasteiger partial charge is 0.261 e. The molecule has 0 N–H and O–H groups in total. The van der Waals surface area contributed by atoms with Crippen molar-refractivity contribution in [1.29, 1.82) is 0 Å². The number of nitrogens with zero attached hydrogens (tertiary/aromatic N) is 3. The van der Waals surface area contributed by atoms with Gasteiger partial charge in [0.1, 0.15) is 5.75 Å². The SMILES string of the molecule is C=CCN(C(=O)COc1ccccc1)C1CCN(C[C@@H]2CCC(N(C)C(=O)c3ccccc3)C2)CC1. The summed E-state index contributed by atoms with van der Waals surface area (Å²) >= 11 is 0. The lowest BCUT2D eigenvalue weighted by Gasteiger charge is -2.39. The molecular formula is C30H39N3O3. The van der Waals surface area contributed by atoms with Crippen LogP contribution in [0, 0.1) is 5.92 Å². The van der Waals surface area contributed by atoms with E-state index in [1.54, 1.807) is 6.08 Å². The van der Waals surface area contributed by atoms with Gasteiger partial charge in [-0.05, 0) is 62.3 Å². The lowest BCUT2D eigenvalue weighted by Crippen LogP contribution is -2.49. The molecule has 1 aliphatic carbocycles. The molecule has 2 aliphatic rings. The maximum atomic E-state index is 12.9. The van der Waals surface area contributed by atoms with E-state index in [-0.39, 0.29) is 24.5 Å². The van der Waals surface area contributed by atoms with E-state index in [9.17, 15) is 9.59 Å². The Morgan fingerprint density at radius 1 is 0.972 bits per heavy atom. The van der Waals surface area contributed by atoms with Gasteiger partial charge in [0.2, 0.25) is 0 Å². The van der Waals surface area contributed by atoms with Crippen molar-refractivity contribution in [3.63, 3.8) is 0 Å². The zero-order chi connectivity index (χ0) is 25.3. The second kappa shape index (κ2) is 12.7. The van der Waals surface area contributed by atoms with Crippen molar-refractivity contribution in [3.05, 3.63) is 78.9 Å². The number of hydrogen-bond acceptors (Lipinski definition) is 4. The predicted octanol–water partition coefficient (Wildman–Crippen LogP) is 4.49. The van der Waals surface area contributed by atoms with Gasteiger partial charge in [-0.1, -0.05) is 42.5 Å². The molecule has 36 heavy (non-hydrogen) atoms. The number of amides is 2. The third-order valence-corrected chi connectivity index (χ3v) is 7.67. The first-order chi connectivity index (χ1) is 17.5. The molecule has 2 aromatic rings. The molecule has 1 aliphatic heterocycles. The zero-order valence-corrected chi connectivity index (χ0v) is 21.4. The van der Waals surface area contributed by atoms with Crippen LogP contribution < -0.4 is 4.74 Å². The molecule has 6 nitrogen and oxygen atoms in total. The highest BCUT2D eigenvalue weighted by Crippen LogP contribution is 2.31. The summed E-state index contributed by atoms with van der Waals surface area (Å²) in [5.74, 6) is 1.46. The lowest BCUT2D eigenvalue weighted by molar-refractivity contribution is -0.136. The Morgan fingerprint density at radius 3 is 2.31 bits per heavy atom. The van der Waals surface area contributed by atoms with E-state index < -0.39 is 0 Å². The molecule has 2 amide bonds. The predicted molar refractivity (Wildman–Crippen MR) is 143 cm³/mol. The number of benzene rings is 2. The maximum absolute atomic E-state index is 12.9. The van der Waals surface area contributed by atoms with Gasteiger partial charge in [0.15, 0.2) is 6.61 Å². The third kappa shape index (κ3) is 6.76. The molecule has 2 aromatic carbocycles. The Balaban J connectivity index is 1.22. The molecule has 2 fully saturated rings. The highest BCUT2D eigenvalue weighted by Gasteiger charge is 2.33. The van der Waals surface area contributed by atoms with Gasteiger partial charge in [0.05, 0.1) is 0 Å². The molecule has 6 heteroatoms. The average molecular weight is 490 g/mol. The summed E-state index contributed by atoms with van der Waals surface area (Å²) in [6.45, 7) is 7.52. The highest BCUT2D eigenvalue weighted by atomic mass is 16.5. The minimum absolute atomic E-state index is 0.0157. The molecule has 0 spiro atoms. The van der Waals surface area contributed by atoms with E-state index in [0.717, 1.165) is 57.3 Å². The quantitative estimate of drug-likeness (QED) is 0.462. The first-order valence-electron chi connectivity index (χ1n) is 13.2. The minimum atomic E-state index is 0.0157. The van der Waals surface area contributed by atoms with E-state index in [0.29, 0.717) is 24.3 Å². The summed E-state index contributed by atoms with van der Waals surface area (Å²) in [5, 5.41) is 0. The van der Waals surface area contributed by atoms with Crippen LogP contribution in [0.15, 0.2) is 73.3 Å². The molecule has 1 heterocycles. The lowest BCUT2D eigenvalue weighted by atomic mass is 10.00. The summed E-state index contributed by atoms with van der Waals surface area (Å²) in [6.07, 6.45) is 7.03. The first-order valence-corrected chi connectivity index (χ1v) is 13.2. The normalized spacial score (nSPS) is 20.6. The fraction of sp³-hybridized carbons (Fsp3) is 0.467. The molecule has 0 bridgehead atoms. The van der Waals surface area contributed by atoms with Crippen molar-refractivity contribution in [1.82, 2.24) is 14.7 Å². The minimum Gasteiger partial charge on any atom is -0.484 e. The second-order valence-electron chi connectivity index (χ2n) is 10.1. The number of rotatable bonds is 10. The van der Waals surface area contributed by atoms with Crippen LogP contribution >= 0.6 is 0 Å². The first kappa shape index (κ1) is 26.0. The molecule has 2 atom stereocenters. The molecule has 1 saturated heterocycles. The van der Waals surface area contributed by atoms with Crippen molar-refractivity contribution in [2.24, 2.45) is 5.92 Å². The molecule has 4 rings (SSSR count). The Morgan fingerprint density at radius 2 is 1.64 bits per heavy atom. The van der Waals surface area contributed by atoms with Crippen LogP contribution in [0.25, 0.3) is 0 Å². The van der Waals surface area contributed by atoms with Crippen molar-refractivity contribution in [3.8, 4) is 5.75 Å². The summed E-state index contributed by atoms with van der Waals surface area (Å²) in [4.78, 5) is 32.2. The van der Waals surface area contributed by atoms with Crippen molar-refractivity contribution in [2.75, 3.05) is 39.8 Å². The Hall–Kier alpha value is -3.12. The van der Waals surface area contributed by atoms with Crippen molar-refractivity contribution >= 4 is 11.8 Å². The van der Waals surface area contributed by atoms with Gasteiger partial charge in [-0.15, -0.1) is 6.58 Å². The summed E-state index contributed by atoms with van der Waals surface area (Å²) in [6, 6.07) is 19.6. The Bertz CT molecular complexity index is 989. The standard InChI is InChI=1S/C30H39N3O3/c1-3-18-33(29(34)23-36-28-12-8-5-9-13-28)26-16-19-32(20-17-26)22-24-14-15-27(21-24)31(2)30(35)25-10-6-4-7-11-25/h3-13,24,26-27H,1,14-23H2,2H3/t24-,27?/m1/s1. The summed E-state index contributed by atoms with van der Waals surface area (Å²) < 4.78 is 5.71. The number of piperidine rings is 1. The maximum Gasteiger partial charge on any atom is 0.261 e. The van der Waals surface area contributed by atoms with Gasteiger partial charge in [-0.3, -0.25) is 9.59 Å². The molecule has 1 unspecified atom stereocenters.